The van der Waals surface area contributed by atoms with Crippen LogP contribution in [0.4, 0.5) is 0 Å². The summed E-state index contributed by atoms with van der Waals surface area (Å²) in [6.45, 7) is 4.42. The van der Waals surface area contributed by atoms with Gasteiger partial charge in [-0.15, -0.1) is 0 Å². The number of ether oxygens (including phenoxy) is 1. The van der Waals surface area contributed by atoms with Gasteiger partial charge >= 0.3 is 11.9 Å². The highest BCUT2D eigenvalue weighted by Gasteiger charge is 2.66. The van der Waals surface area contributed by atoms with Crippen molar-refractivity contribution in [1.29, 1.82) is 0 Å². The van der Waals surface area contributed by atoms with Crippen LogP contribution in [0.2, 0.25) is 0 Å². The van der Waals surface area contributed by atoms with E-state index in [0.29, 0.717) is 19.5 Å². The van der Waals surface area contributed by atoms with Crippen molar-refractivity contribution in [3.63, 3.8) is 0 Å². The third-order valence-corrected chi connectivity index (χ3v) is 4.39. The summed E-state index contributed by atoms with van der Waals surface area (Å²) in [6.07, 6.45) is 0.587. The summed E-state index contributed by atoms with van der Waals surface area (Å²) in [6, 6.07) is 0. The second-order valence-electron chi connectivity index (χ2n) is 5.91. The van der Waals surface area contributed by atoms with E-state index < -0.39 is 23.2 Å². The molecule has 0 bridgehead atoms. The molecule has 1 N–H and O–H groups in total. The number of hydrogen-bond donors (Lipinski definition) is 1. The minimum Gasteiger partial charge on any atom is -0.481 e. The molecule has 2 fully saturated rings. The molecule has 1 amide bonds. The molecule has 2 rings (SSSR count). The molecule has 1 heterocycles. The fraction of sp³-hybridized carbons (Fsp3) is 0.769. The molecule has 19 heavy (non-hydrogen) atoms. The van der Waals surface area contributed by atoms with E-state index in [1.807, 2.05) is 0 Å². The zero-order valence-electron chi connectivity index (χ0n) is 11.4. The van der Waals surface area contributed by atoms with Gasteiger partial charge in [-0.1, -0.05) is 13.8 Å². The third kappa shape index (κ3) is 2.19. The van der Waals surface area contributed by atoms with Crippen LogP contribution in [-0.4, -0.2) is 48.1 Å². The Kier molecular flexibility index (Phi) is 3.28. The number of hydrogen-bond acceptors (Lipinski definition) is 4. The first kappa shape index (κ1) is 13.8. The lowest BCUT2D eigenvalue weighted by atomic mass is 10.1. The maximum Gasteiger partial charge on any atom is 0.310 e. The minimum atomic E-state index is -0.924. The number of carbonyl (C=O) groups is 3. The highest BCUT2D eigenvalue weighted by Crippen LogP contribution is 2.59. The number of aliphatic carboxylic acids is 1. The van der Waals surface area contributed by atoms with Crippen molar-refractivity contribution >= 4 is 17.8 Å². The van der Waals surface area contributed by atoms with E-state index >= 15 is 0 Å². The zero-order valence-corrected chi connectivity index (χ0v) is 11.4. The van der Waals surface area contributed by atoms with E-state index in [1.54, 1.807) is 18.7 Å². The van der Waals surface area contributed by atoms with Gasteiger partial charge in [-0.3, -0.25) is 14.4 Å². The van der Waals surface area contributed by atoms with Gasteiger partial charge in [0.15, 0.2) is 0 Å². The quantitative estimate of drug-likeness (QED) is 0.748. The summed E-state index contributed by atoms with van der Waals surface area (Å²) >= 11 is 0. The standard InChI is InChI=1S/C13H19NO5/c1-13(2)8(9(13)11(16)17)10(15)14-5-4-7(6-14)12(18)19-3/h7-9H,4-6H2,1-3H3,(H,16,17). The van der Waals surface area contributed by atoms with Crippen LogP contribution in [0, 0.1) is 23.2 Å². The molecule has 106 valence electrons. The average Bonchev–Trinajstić information content (AvgIpc) is 2.75. The molecule has 0 spiro atoms. The predicted molar refractivity (Wildman–Crippen MR) is 65.1 cm³/mol. The molecule has 0 aromatic rings. The van der Waals surface area contributed by atoms with Gasteiger partial charge in [0, 0.05) is 13.1 Å². The number of nitrogens with zero attached hydrogens (tertiary/aromatic N) is 1. The zero-order chi connectivity index (χ0) is 14.4. The molecule has 0 radical (unpaired) electrons. The van der Waals surface area contributed by atoms with Crippen molar-refractivity contribution in [2.45, 2.75) is 20.3 Å². The van der Waals surface area contributed by atoms with Crippen molar-refractivity contribution < 1.29 is 24.2 Å². The summed E-state index contributed by atoms with van der Waals surface area (Å²) < 4.78 is 4.67. The fourth-order valence-electron chi connectivity index (χ4n) is 3.08. The van der Waals surface area contributed by atoms with E-state index in [4.69, 9.17) is 5.11 Å². The topological polar surface area (TPSA) is 83.9 Å². The van der Waals surface area contributed by atoms with Gasteiger partial charge in [-0.2, -0.15) is 0 Å². The number of amides is 1. The summed E-state index contributed by atoms with van der Waals surface area (Å²) in [5, 5.41) is 9.08. The summed E-state index contributed by atoms with van der Waals surface area (Å²) in [5.41, 5.74) is -0.494. The molecule has 6 heteroatoms. The number of likely N-dealkylation sites (tertiary alicyclic amines) is 1. The second kappa shape index (κ2) is 4.51. The van der Waals surface area contributed by atoms with Crippen LogP contribution >= 0.6 is 0 Å². The molecule has 6 nitrogen and oxygen atoms in total. The molecule has 1 saturated heterocycles. The number of esters is 1. The Morgan fingerprint density at radius 1 is 1.26 bits per heavy atom. The van der Waals surface area contributed by atoms with Gasteiger partial charge in [0.2, 0.25) is 5.91 Å². The van der Waals surface area contributed by atoms with Crippen LogP contribution in [0.5, 0.6) is 0 Å². The van der Waals surface area contributed by atoms with Gasteiger partial charge in [-0.25, -0.2) is 0 Å². The predicted octanol–water partition coefficient (Wildman–Crippen LogP) is 0.365. The number of methoxy groups -OCH3 is 1. The molecule has 1 aliphatic carbocycles. The van der Waals surface area contributed by atoms with Crippen LogP contribution in [0.1, 0.15) is 20.3 Å². The molecule has 2 aliphatic rings. The first-order valence-corrected chi connectivity index (χ1v) is 6.40. The van der Waals surface area contributed by atoms with E-state index in [-0.39, 0.29) is 17.8 Å². The number of rotatable bonds is 3. The normalized spacial score (nSPS) is 31.9. The molecule has 1 aliphatic heterocycles. The first-order chi connectivity index (χ1) is 8.80. The van der Waals surface area contributed by atoms with Crippen molar-refractivity contribution in [3.8, 4) is 0 Å². The molecule has 0 aromatic heterocycles. The number of carboxylic acid groups (broad SMARTS) is 1. The van der Waals surface area contributed by atoms with Crippen LogP contribution in [0.15, 0.2) is 0 Å². The molecule has 3 atom stereocenters. The van der Waals surface area contributed by atoms with Gasteiger partial charge in [0.05, 0.1) is 24.9 Å². The van der Waals surface area contributed by atoms with Gasteiger partial charge in [0.25, 0.3) is 0 Å². The van der Waals surface area contributed by atoms with Crippen molar-refractivity contribution in [3.05, 3.63) is 0 Å². The second-order valence-corrected chi connectivity index (χ2v) is 5.91. The fourth-order valence-corrected chi connectivity index (χ4v) is 3.08. The van der Waals surface area contributed by atoms with E-state index in [1.165, 1.54) is 7.11 Å². The lowest BCUT2D eigenvalue weighted by molar-refractivity contribution is -0.145. The molecule has 1 saturated carbocycles. The largest absolute Gasteiger partial charge is 0.481 e. The number of carbonyl (C=O) groups excluding carboxylic acids is 2. The smallest absolute Gasteiger partial charge is 0.310 e. The van der Waals surface area contributed by atoms with E-state index in [0.717, 1.165) is 0 Å². The monoisotopic (exact) mass is 269 g/mol. The Balaban J connectivity index is 2.00. The Labute approximate surface area is 111 Å². The SMILES string of the molecule is COC(=O)C1CCN(C(=O)C2C(C(=O)O)C2(C)C)C1. The molecular formula is C13H19NO5. The molecule has 3 unspecified atom stereocenters. The molecule has 0 aromatic carbocycles. The van der Waals surface area contributed by atoms with Crippen molar-refractivity contribution in [2.24, 2.45) is 23.2 Å². The third-order valence-electron chi connectivity index (χ3n) is 4.39. The van der Waals surface area contributed by atoms with Crippen LogP contribution in [-0.2, 0) is 19.1 Å². The Bertz CT molecular complexity index is 431. The minimum absolute atomic E-state index is 0.149. The maximum atomic E-state index is 12.3. The lowest BCUT2D eigenvalue weighted by Gasteiger charge is -2.16. The molecular weight excluding hydrogens is 250 g/mol. The van der Waals surface area contributed by atoms with Crippen LogP contribution < -0.4 is 0 Å². The van der Waals surface area contributed by atoms with E-state index in [2.05, 4.69) is 4.74 Å². The first-order valence-electron chi connectivity index (χ1n) is 6.40. The van der Waals surface area contributed by atoms with Crippen molar-refractivity contribution in [2.75, 3.05) is 20.2 Å². The summed E-state index contributed by atoms with van der Waals surface area (Å²) in [5.74, 6) is -2.74. The highest BCUT2D eigenvalue weighted by molar-refractivity contribution is 5.92. The van der Waals surface area contributed by atoms with E-state index in [9.17, 15) is 14.4 Å². The Morgan fingerprint density at radius 3 is 2.37 bits per heavy atom. The van der Waals surface area contributed by atoms with Gasteiger partial charge < -0.3 is 14.7 Å². The van der Waals surface area contributed by atoms with Gasteiger partial charge in [0.1, 0.15) is 0 Å². The Hall–Kier alpha value is -1.59. The number of carboxylic acids is 1. The summed E-state index contributed by atoms with van der Waals surface area (Å²) in [4.78, 5) is 36.4. The van der Waals surface area contributed by atoms with Crippen LogP contribution in [0.25, 0.3) is 0 Å². The highest BCUT2D eigenvalue weighted by atomic mass is 16.5. The van der Waals surface area contributed by atoms with Crippen molar-refractivity contribution in [1.82, 2.24) is 4.90 Å². The van der Waals surface area contributed by atoms with Gasteiger partial charge in [-0.05, 0) is 11.8 Å². The maximum absolute atomic E-state index is 12.3. The Morgan fingerprint density at radius 2 is 1.89 bits per heavy atom. The average molecular weight is 269 g/mol. The van der Waals surface area contributed by atoms with Crippen LogP contribution in [0.3, 0.4) is 0 Å². The summed E-state index contributed by atoms with van der Waals surface area (Å²) in [7, 11) is 1.33. The lowest BCUT2D eigenvalue weighted by Crippen LogP contribution is -2.33.